The van der Waals surface area contributed by atoms with Crippen molar-refractivity contribution < 1.29 is 14.3 Å². The lowest BCUT2D eigenvalue weighted by Gasteiger charge is -2.30. The number of nitrogens with one attached hydrogen (secondary N) is 1. The van der Waals surface area contributed by atoms with Crippen molar-refractivity contribution >= 4 is 17.8 Å². The normalized spacial score (nSPS) is 14.4. The van der Waals surface area contributed by atoms with E-state index in [0.717, 1.165) is 62.0 Å². The minimum atomic E-state index is -0.449. The van der Waals surface area contributed by atoms with E-state index in [9.17, 15) is 9.59 Å². The third-order valence-electron chi connectivity index (χ3n) is 6.42. The molecule has 2 heterocycles. The summed E-state index contributed by atoms with van der Waals surface area (Å²) < 4.78 is 5.83. The van der Waals surface area contributed by atoms with Crippen molar-refractivity contribution in [3.8, 4) is 11.3 Å². The van der Waals surface area contributed by atoms with E-state index in [0.29, 0.717) is 25.4 Å². The molecular weight excluding hydrogens is 440 g/mol. The fourth-order valence-electron chi connectivity index (χ4n) is 4.33. The molecular formula is C28H40N4O3. The first-order valence-corrected chi connectivity index (χ1v) is 13.0. The van der Waals surface area contributed by atoms with Crippen molar-refractivity contribution in [2.45, 2.75) is 64.9 Å². The predicted molar refractivity (Wildman–Crippen MR) is 141 cm³/mol. The number of rotatable bonds is 11. The van der Waals surface area contributed by atoms with Gasteiger partial charge in [0.2, 0.25) is 0 Å². The molecule has 0 radical (unpaired) electrons. The molecule has 3 rings (SSSR count). The van der Waals surface area contributed by atoms with E-state index in [1.54, 1.807) is 11.9 Å². The van der Waals surface area contributed by atoms with Gasteiger partial charge < -0.3 is 15.0 Å². The topological polar surface area (TPSA) is 74.8 Å². The van der Waals surface area contributed by atoms with Crippen LogP contribution in [-0.2, 0) is 16.0 Å². The quantitative estimate of drug-likeness (QED) is 0.457. The monoisotopic (exact) mass is 480 g/mol. The zero-order chi connectivity index (χ0) is 25.0. The largest absolute Gasteiger partial charge is 0.368 e. The molecule has 0 aliphatic carbocycles. The number of benzene rings is 1. The van der Waals surface area contributed by atoms with Gasteiger partial charge in [-0.2, -0.15) is 0 Å². The second kappa shape index (κ2) is 13.8. The Balaban J connectivity index is 1.64. The van der Waals surface area contributed by atoms with Gasteiger partial charge in [-0.05, 0) is 50.3 Å². The Labute approximate surface area is 209 Å². The SMILES string of the molecule is CCCCCNC(=O)N(C)c1cccc(-c2ccc(C[C@H](OCC)C(=O)N3CCCCC3)cc2)n1. The van der Waals surface area contributed by atoms with Crippen molar-refractivity contribution in [1.82, 2.24) is 15.2 Å². The number of anilines is 1. The van der Waals surface area contributed by atoms with E-state index >= 15 is 0 Å². The van der Waals surface area contributed by atoms with E-state index in [1.807, 2.05) is 54.3 Å². The molecule has 1 saturated heterocycles. The molecule has 1 aromatic carbocycles. The first kappa shape index (κ1) is 26.7. The maximum absolute atomic E-state index is 13.0. The Bertz CT molecular complexity index is 941. The minimum Gasteiger partial charge on any atom is -0.368 e. The Morgan fingerprint density at radius 3 is 2.49 bits per heavy atom. The summed E-state index contributed by atoms with van der Waals surface area (Å²) in [4.78, 5) is 33.6. The number of urea groups is 1. The Kier molecular flexibility index (Phi) is 10.5. The third-order valence-corrected chi connectivity index (χ3v) is 6.42. The molecule has 7 heteroatoms. The molecule has 2 aromatic rings. The number of ether oxygens (including phenoxy) is 1. The van der Waals surface area contributed by atoms with Crippen LogP contribution in [0.3, 0.4) is 0 Å². The highest BCUT2D eigenvalue weighted by molar-refractivity contribution is 5.90. The number of unbranched alkanes of at least 4 members (excludes halogenated alkanes) is 2. The van der Waals surface area contributed by atoms with Gasteiger partial charge in [-0.3, -0.25) is 9.69 Å². The summed E-state index contributed by atoms with van der Waals surface area (Å²) in [5.41, 5.74) is 2.81. The summed E-state index contributed by atoms with van der Waals surface area (Å²) in [5, 5.41) is 2.95. The smallest absolute Gasteiger partial charge is 0.322 e. The van der Waals surface area contributed by atoms with Crippen LogP contribution in [0.15, 0.2) is 42.5 Å². The molecule has 35 heavy (non-hydrogen) atoms. The summed E-state index contributed by atoms with van der Waals surface area (Å²) in [6, 6.07) is 13.6. The average Bonchev–Trinajstić information content (AvgIpc) is 2.91. The molecule has 0 spiro atoms. The van der Waals surface area contributed by atoms with E-state index < -0.39 is 6.10 Å². The lowest BCUT2D eigenvalue weighted by Crippen LogP contribution is -2.44. The van der Waals surface area contributed by atoms with Gasteiger partial charge in [0.05, 0.1) is 5.69 Å². The second-order valence-corrected chi connectivity index (χ2v) is 9.11. The second-order valence-electron chi connectivity index (χ2n) is 9.11. The van der Waals surface area contributed by atoms with Crippen LogP contribution in [0.2, 0.25) is 0 Å². The van der Waals surface area contributed by atoms with Crippen LogP contribution >= 0.6 is 0 Å². The number of amides is 3. The summed E-state index contributed by atoms with van der Waals surface area (Å²) in [5.74, 6) is 0.698. The van der Waals surface area contributed by atoms with Gasteiger partial charge in [-0.1, -0.05) is 50.1 Å². The highest BCUT2D eigenvalue weighted by Crippen LogP contribution is 2.22. The minimum absolute atomic E-state index is 0.0982. The zero-order valence-electron chi connectivity index (χ0n) is 21.5. The molecule has 3 amide bonds. The number of pyridine rings is 1. The van der Waals surface area contributed by atoms with Gasteiger partial charge in [-0.15, -0.1) is 0 Å². The number of hydrogen-bond donors (Lipinski definition) is 1. The number of carbonyl (C=O) groups excluding carboxylic acids is 2. The standard InChI is InChI=1S/C28H40N4O3/c1-4-6-8-18-29-28(34)31(3)26-13-11-12-24(30-26)23-16-14-22(15-17-23)21-25(35-5-2)27(33)32-19-9-7-10-20-32/h11-17,25H,4-10,18-21H2,1-3H3,(H,29,34)/t25-/m0/s1. The summed E-state index contributed by atoms with van der Waals surface area (Å²) in [7, 11) is 1.73. The van der Waals surface area contributed by atoms with Gasteiger partial charge in [0.1, 0.15) is 11.9 Å². The van der Waals surface area contributed by atoms with E-state index in [4.69, 9.17) is 9.72 Å². The number of aromatic nitrogens is 1. The number of likely N-dealkylation sites (tertiary alicyclic amines) is 1. The molecule has 1 atom stereocenters. The van der Waals surface area contributed by atoms with Crippen molar-refractivity contribution in [3.63, 3.8) is 0 Å². The molecule has 0 saturated carbocycles. The number of piperidine rings is 1. The maximum atomic E-state index is 13.0. The highest BCUT2D eigenvalue weighted by atomic mass is 16.5. The molecule has 0 unspecified atom stereocenters. The Morgan fingerprint density at radius 1 is 1.06 bits per heavy atom. The highest BCUT2D eigenvalue weighted by Gasteiger charge is 2.26. The van der Waals surface area contributed by atoms with Gasteiger partial charge in [-0.25, -0.2) is 9.78 Å². The predicted octanol–water partition coefficient (Wildman–Crippen LogP) is 5.04. The van der Waals surface area contributed by atoms with Crippen LogP contribution in [0.4, 0.5) is 10.6 Å². The van der Waals surface area contributed by atoms with Crippen LogP contribution in [0.25, 0.3) is 11.3 Å². The Hall–Kier alpha value is -2.93. The molecule has 1 aliphatic heterocycles. The lowest BCUT2D eigenvalue weighted by atomic mass is 10.0. The van der Waals surface area contributed by atoms with Crippen molar-refractivity contribution in [1.29, 1.82) is 0 Å². The van der Waals surface area contributed by atoms with Gasteiger partial charge >= 0.3 is 6.03 Å². The van der Waals surface area contributed by atoms with E-state index in [2.05, 4.69) is 12.2 Å². The van der Waals surface area contributed by atoms with Crippen molar-refractivity contribution in [2.75, 3.05) is 38.2 Å². The summed E-state index contributed by atoms with van der Waals surface area (Å²) in [6.45, 7) is 6.91. The van der Waals surface area contributed by atoms with Crippen LogP contribution in [-0.4, -0.2) is 61.2 Å². The lowest BCUT2D eigenvalue weighted by molar-refractivity contribution is -0.144. The average molecular weight is 481 g/mol. The summed E-state index contributed by atoms with van der Waals surface area (Å²) in [6.07, 6.45) is 6.64. The molecule has 190 valence electrons. The van der Waals surface area contributed by atoms with Gasteiger partial charge in [0.15, 0.2) is 0 Å². The van der Waals surface area contributed by atoms with Crippen molar-refractivity contribution in [3.05, 3.63) is 48.0 Å². The molecule has 1 aliphatic rings. The molecule has 1 aromatic heterocycles. The summed E-state index contributed by atoms with van der Waals surface area (Å²) >= 11 is 0. The van der Waals surface area contributed by atoms with Gasteiger partial charge in [0, 0.05) is 45.3 Å². The first-order valence-electron chi connectivity index (χ1n) is 13.0. The number of hydrogen-bond acceptors (Lipinski definition) is 4. The Morgan fingerprint density at radius 2 is 1.80 bits per heavy atom. The number of nitrogens with zero attached hydrogens (tertiary/aromatic N) is 3. The maximum Gasteiger partial charge on any atom is 0.322 e. The van der Waals surface area contributed by atoms with E-state index in [1.165, 1.54) is 6.42 Å². The van der Waals surface area contributed by atoms with Gasteiger partial charge in [0.25, 0.3) is 5.91 Å². The van der Waals surface area contributed by atoms with E-state index in [-0.39, 0.29) is 11.9 Å². The zero-order valence-corrected chi connectivity index (χ0v) is 21.5. The first-order chi connectivity index (χ1) is 17.0. The number of carbonyl (C=O) groups is 2. The van der Waals surface area contributed by atoms with Crippen LogP contribution in [0.5, 0.6) is 0 Å². The fraction of sp³-hybridized carbons (Fsp3) is 0.536. The molecule has 1 N–H and O–H groups in total. The molecule has 7 nitrogen and oxygen atoms in total. The third kappa shape index (κ3) is 7.79. The van der Waals surface area contributed by atoms with Crippen LogP contribution in [0, 0.1) is 0 Å². The van der Waals surface area contributed by atoms with Crippen LogP contribution in [0.1, 0.15) is 57.9 Å². The molecule has 0 bridgehead atoms. The fourth-order valence-corrected chi connectivity index (χ4v) is 4.33. The van der Waals surface area contributed by atoms with Crippen molar-refractivity contribution in [2.24, 2.45) is 0 Å². The van der Waals surface area contributed by atoms with Crippen LogP contribution < -0.4 is 10.2 Å². The molecule has 1 fully saturated rings.